The Morgan fingerprint density at radius 2 is 2.04 bits per heavy atom. The second-order valence-electron chi connectivity index (χ2n) is 6.13. The van der Waals surface area contributed by atoms with Crippen LogP contribution in [0, 0.1) is 6.92 Å². The number of amides is 1. The van der Waals surface area contributed by atoms with Crippen LogP contribution >= 0.6 is 0 Å². The van der Waals surface area contributed by atoms with Crippen molar-refractivity contribution in [2.24, 2.45) is 0 Å². The summed E-state index contributed by atoms with van der Waals surface area (Å²) < 4.78 is 11.8. The number of benzene rings is 1. The summed E-state index contributed by atoms with van der Waals surface area (Å²) in [7, 11) is 1.40. The summed E-state index contributed by atoms with van der Waals surface area (Å²) >= 11 is 0. The molecule has 0 aliphatic rings. The van der Waals surface area contributed by atoms with E-state index in [1.54, 1.807) is 6.07 Å². The normalized spacial score (nSPS) is 10.8. The average molecular weight is 359 g/mol. The molecular formula is C19H25N3O4. The predicted octanol–water partition coefficient (Wildman–Crippen LogP) is 2.09. The number of methoxy groups -OCH3 is 1. The summed E-state index contributed by atoms with van der Waals surface area (Å²) in [4.78, 5) is 24.9. The third kappa shape index (κ3) is 4.92. The average Bonchev–Trinajstić information content (AvgIpc) is 2.61. The smallest absolute Gasteiger partial charge is 0.275 e. The van der Waals surface area contributed by atoms with Gasteiger partial charge in [-0.25, -0.2) is 0 Å². The van der Waals surface area contributed by atoms with E-state index in [4.69, 9.17) is 9.47 Å². The Balaban J connectivity index is 2.22. The van der Waals surface area contributed by atoms with Crippen molar-refractivity contribution in [1.29, 1.82) is 0 Å². The number of para-hydroxylation sites is 1. The number of aromatic nitrogens is 2. The molecule has 0 spiro atoms. The maximum Gasteiger partial charge on any atom is 0.275 e. The molecule has 0 bridgehead atoms. The zero-order valence-electron chi connectivity index (χ0n) is 15.6. The number of carbonyl (C=O) groups is 1. The van der Waals surface area contributed by atoms with Gasteiger partial charge in [0.25, 0.3) is 11.5 Å². The van der Waals surface area contributed by atoms with Gasteiger partial charge in [-0.2, -0.15) is 9.78 Å². The number of hydrogen-bond donors (Lipinski definition) is 1. The molecule has 0 aliphatic heterocycles. The molecule has 26 heavy (non-hydrogen) atoms. The van der Waals surface area contributed by atoms with E-state index in [9.17, 15) is 9.59 Å². The molecule has 1 amide bonds. The van der Waals surface area contributed by atoms with Gasteiger partial charge >= 0.3 is 0 Å². The van der Waals surface area contributed by atoms with Crippen molar-refractivity contribution in [2.45, 2.75) is 33.3 Å². The van der Waals surface area contributed by atoms with Gasteiger partial charge in [0.2, 0.25) is 0 Å². The van der Waals surface area contributed by atoms with Crippen LogP contribution in [-0.2, 0) is 4.74 Å². The van der Waals surface area contributed by atoms with Crippen molar-refractivity contribution in [3.63, 3.8) is 0 Å². The van der Waals surface area contributed by atoms with Crippen molar-refractivity contribution in [3.8, 4) is 11.4 Å². The Morgan fingerprint density at radius 1 is 1.31 bits per heavy atom. The zero-order valence-corrected chi connectivity index (χ0v) is 15.6. The Labute approximate surface area is 152 Å². The Kier molecular flexibility index (Phi) is 6.91. The molecule has 7 heteroatoms. The van der Waals surface area contributed by atoms with Crippen LogP contribution < -0.4 is 15.6 Å². The van der Waals surface area contributed by atoms with Gasteiger partial charge in [-0.05, 0) is 38.8 Å². The van der Waals surface area contributed by atoms with Crippen molar-refractivity contribution >= 4 is 5.91 Å². The van der Waals surface area contributed by atoms with Crippen LogP contribution in [0.25, 0.3) is 5.69 Å². The SMILES string of the molecule is COc1cc(=O)n(-c2ccccc2C)nc1C(=O)NCCCOC(C)C. The molecule has 0 aliphatic carbocycles. The van der Waals surface area contributed by atoms with E-state index >= 15 is 0 Å². The molecule has 0 radical (unpaired) electrons. The number of rotatable bonds is 8. The molecule has 1 heterocycles. The maximum absolute atomic E-state index is 12.5. The highest BCUT2D eigenvalue weighted by Gasteiger charge is 2.18. The molecule has 140 valence electrons. The third-order valence-electron chi connectivity index (χ3n) is 3.73. The molecule has 0 unspecified atom stereocenters. The van der Waals surface area contributed by atoms with E-state index in [2.05, 4.69) is 10.4 Å². The van der Waals surface area contributed by atoms with Gasteiger partial charge in [0.05, 0.1) is 25.0 Å². The van der Waals surface area contributed by atoms with Gasteiger partial charge in [0, 0.05) is 13.2 Å². The van der Waals surface area contributed by atoms with E-state index in [1.807, 2.05) is 39.0 Å². The first kappa shape index (κ1) is 19.7. The number of carbonyl (C=O) groups excluding carboxylic acids is 1. The lowest BCUT2D eigenvalue weighted by Gasteiger charge is -2.13. The van der Waals surface area contributed by atoms with Crippen molar-refractivity contribution in [2.75, 3.05) is 20.3 Å². The Bertz CT molecular complexity index is 815. The topological polar surface area (TPSA) is 82.5 Å². The van der Waals surface area contributed by atoms with E-state index < -0.39 is 5.91 Å². The van der Waals surface area contributed by atoms with Gasteiger partial charge in [0.15, 0.2) is 11.4 Å². The fourth-order valence-corrected chi connectivity index (χ4v) is 2.40. The monoisotopic (exact) mass is 359 g/mol. The summed E-state index contributed by atoms with van der Waals surface area (Å²) in [6.07, 6.45) is 0.842. The van der Waals surface area contributed by atoms with E-state index in [1.165, 1.54) is 17.9 Å². The second kappa shape index (κ2) is 9.15. The number of hydrogen-bond acceptors (Lipinski definition) is 5. The van der Waals surface area contributed by atoms with Crippen LogP contribution in [0.2, 0.25) is 0 Å². The van der Waals surface area contributed by atoms with Crippen LogP contribution in [0.4, 0.5) is 0 Å². The largest absolute Gasteiger partial charge is 0.494 e. The predicted molar refractivity (Wildman–Crippen MR) is 99.2 cm³/mol. The standard InChI is InChI=1S/C19H25N3O4/c1-13(2)26-11-7-10-20-19(24)18-16(25-4)12-17(23)22(21-18)15-9-6-5-8-14(15)3/h5-6,8-9,12-13H,7,10-11H2,1-4H3,(H,20,24). The Morgan fingerprint density at radius 3 is 2.69 bits per heavy atom. The minimum absolute atomic E-state index is 0.0696. The summed E-state index contributed by atoms with van der Waals surface area (Å²) in [6, 6.07) is 8.62. The summed E-state index contributed by atoms with van der Waals surface area (Å²) in [5.74, 6) is -0.246. The summed E-state index contributed by atoms with van der Waals surface area (Å²) in [5.41, 5.74) is 1.21. The van der Waals surface area contributed by atoms with Crippen LogP contribution in [0.3, 0.4) is 0 Å². The number of aryl methyl sites for hydroxylation is 1. The van der Waals surface area contributed by atoms with E-state index in [0.29, 0.717) is 25.3 Å². The van der Waals surface area contributed by atoms with Crippen LogP contribution in [0.5, 0.6) is 5.75 Å². The quantitative estimate of drug-likeness (QED) is 0.730. The lowest BCUT2D eigenvalue weighted by Crippen LogP contribution is -2.31. The molecule has 0 fully saturated rings. The molecule has 1 aromatic carbocycles. The first-order valence-electron chi connectivity index (χ1n) is 8.58. The minimum Gasteiger partial charge on any atom is -0.494 e. The molecule has 2 aromatic rings. The maximum atomic E-state index is 12.5. The van der Waals surface area contributed by atoms with Crippen LogP contribution in [0.1, 0.15) is 36.3 Å². The molecule has 1 aromatic heterocycles. The molecule has 0 atom stereocenters. The number of nitrogens with zero attached hydrogens (tertiary/aromatic N) is 2. The van der Waals surface area contributed by atoms with Crippen molar-refractivity contribution < 1.29 is 14.3 Å². The van der Waals surface area contributed by atoms with Gasteiger partial charge in [-0.15, -0.1) is 0 Å². The van der Waals surface area contributed by atoms with Crippen LogP contribution in [-0.4, -0.2) is 42.1 Å². The highest BCUT2D eigenvalue weighted by Crippen LogP contribution is 2.16. The molecule has 2 rings (SSSR count). The first-order chi connectivity index (χ1) is 12.4. The lowest BCUT2D eigenvalue weighted by atomic mass is 10.2. The lowest BCUT2D eigenvalue weighted by molar-refractivity contribution is 0.0756. The summed E-state index contributed by atoms with van der Waals surface area (Å²) in [5, 5.41) is 7.02. The van der Waals surface area contributed by atoms with E-state index in [-0.39, 0.29) is 23.1 Å². The van der Waals surface area contributed by atoms with Gasteiger partial charge in [-0.3, -0.25) is 9.59 Å². The van der Waals surface area contributed by atoms with Crippen molar-refractivity contribution in [3.05, 3.63) is 51.9 Å². The van der Waals surface area contributed by atoms with Gasteiger partial charge in [0.1, 0.15) is 0 Å². The molecular weight excluding hydrogens is 334 g/mol. The molecule has 0 saturated heterocycles. The first-order valence-corrected chi connectivity index (χ1v) is 8.58. The molecule has 0 saturated carbocycles. The van der Waals surface area contributed by atoms with Crippen molar-refractivity contribution in [1.82, 2.24) is 15.1 Å². The van der Waals surface area contributed by atoms with Crippen LogP contribution in [0.15, 0.2) is 35.1 Å². The fourth-order valence-electron chi connectivity index (χ4n) is 2.40. The van der Waals surface area contributed by atoms with Gasteiger partial charge < -0.3 is 14.8 Å². The molecule has 1 N–H and O–H groups in total. The van der Waals surface area contributed by atoms with Gasteiger partial charge in [-0.1, -0.05) is 18.2 Å². The fraction of sp³-hybridized carbons (Fsp3) is 0.421. The third-order valence-corrected chi connectivity index (χ3v) is 3.73. The summed E-state index contributed by atoms with van der Waals surface area (Å²) in [6.45, 7) is 6.80. The number of nitrogens with one attached hydrogen (secondary N) is 1. The highest BCUT2D eigenvalue weighted by atomic mass is 16.5. The second-order valence-corrected chi connectivity index (χ2v) is 6.13. The van der Waals surface area contributed by atoms with E-state index in [0.717, 1.165) is 5.56 Å². The zero-order chi connectivity index (χ0) is 19.1. The molecule has 7 nitrogen and oxygen atoms in total. The number of ether oxygens (including phenoxy) is 2. The Hall–Kier alpha value is -2.67. The minimum atomic E-state index is -0.395. The highest BCUT2D eigenvalue weighted by molar-refractivity contribution is 5.94.